The Bertz CT molecular complexity index is 502. The van der Waals surface area contributed by atoms with Gasteiger partial charge in [0.2, 0.25) is 0 Å². The normalized spacial score (nSPS) is 14.9. The second-order valence-electron chi connectivity index (χ2n) is 3.61. The zero-order valence-corrected chi connectivity index (χ0v) is 8.52. The molecule has 0 saturated heterocycles. The monoisotopic (exact) mass is 218 g/mol. The van der Waals surface area contributed by atoms with Gasteiger partial charge in [0.25, 0.3) is 0 Å². The first-order chi connectivity index (χ1) is 7.84. The van der Waals surface area contributed by atoms with Gasteiger partial charge in [0, 0.05) is 25.5 Å². The predicted molar refractivity (Wildman–Crippen MR) is 53.5 cm³/mol. The highest BCUT2D eigenvalue weighted by Gasteiger charge is 2.22. The van der Waals surface area contributed by atoms with Crippen LogP contribution < -0.4 is 0 Å². The molecule has 0 fully saturated rings. The number of rotatable bonds is 0. The van der Waals surface area contributed by atoms with Gasteiger partial charge in [-0.05, 0) is 0 Å². The van der Waals surface area contributed by atoms with Crippen molar-refractivity contribution in [3.05, 3.63) is 30.9 Å². The molecule has 7 nitrogen and oxygen atoms in total. The van der Waals surface area contributed by atoms with E-state index in [0.717, 1.165) is 12.4 Å². The molecule has 0 N–H and O–H groups in total. The van der Waals surface area contributed by atoms with Gasteiger partial charge in [-0.25, -0.2) is 9.78 Å². The standard InChI is InChI=1S/C9H10N6O/c16-9(15-2-1-10-6-15)13-3-4-14-7-11-12-8(14)5-13/h1-2,6-7H,3-5H2. The van der Waals surface area contributed by atoms with Crippen molar-refractivity contribution in [2.24, 2.45) is 0 Å². The van der Waals surface area contributed by atoms with Crippen molar-refractivity contribution in [1.29, 1.82) is 0 Å². The van der Waals surface area contributed by atoms with Gasteiger partial charge in [0.15, 0.2) is 5.82 Å². The number of hydrogen-bond acceptors (Lipinski definition) is 4. The molecule has 82 valence electrons. The highest BCUT2D eigenvalue weighted by atomic mass is 16.2. The van der Waals surface area contributed by atoms with Gasteiger partial charge in [-0.2, -0.15) is 0 Å². The lowest BCUT2D eigenvalue weighted by atomic mass is 10.4. The number of aromatic nitrogens is 5. The molecule has 3 heterocycles. The van der Waals surface area contributed by atoms with Crippen LogP contribution in [0.25, 0.3) is 0 Å². The van der Waals surface area contributed by atoms with E-state index in [1.165, 1.54) is 10.9 Å². The molecule has 0 aliphatic carbocycles. The van der Waals surface area contributed by atoms with Crippen molar-refractivity contribution < 1.29 is 4.79 Å². The maximum Gasteiger partial charge on any atom is 0.329 e. The predicted octanol–water partition coefficient (Wildman–Crippen LogP) is -0.0415. The molecule has 1 aliphatic rings. The fraction of sp³-hybridized carbons (Fsp3) is 0.333. The van der Waals surface area contributed by atoms with E-state index in [9.17, 15) is 4.79 Å². The Morgan fingerprint density at radius 3 is 3.06 bits per heavy atom. The van der Waals surface area contributed by atoms with Crippen LogP contribution in [0.1, 0.15) is 5.82 Å². The third-order valence-electron chi connectivity index (χ3n) is 2.63. The van der Waals surface area contributed by atoms with Crippen LogP contribution in [-0.2, 0) is 13.1 Å². The van der Waals surface area contributed by atoms with E-state index in [1.54, 1.807) is 23.6 Å². The minimum Gasteiger partial charge on any atom is -0.315 e. The summed E-state index contributed by atoms with van der Waals surface area (Å²) >= 11 is 0. The van der Waals surface area contributed by atoms with E-state index in [1.807, 2.05) is 4.57 Å². The van der Waals surface area contributed by atoms with Gasteiger partial charge >= 0.3 is 6.03 Å². The lowest BCUT2D eigenvalue weighted by Crippen LogP contribution is -2.40. The van der Waals surface area contributed by atoms with Crippen LogP contribution in [0.4, 0.5) is 4.79 Å². The number of carbonyl (C=O) groups excluding carboxylic acids is 1. The Morgan fingerprint density at radius 1 is 1.31 bits per heavy atom. The van der Waals surface area contributed by atoms with Gasteiger partial charge in [0.05, 0.1) is 6.54 Å². The molecule has 16 heavy (non-hydrogen) atoms. The maximum atomic E-state index is 12.0. The summed E-state index contributed by atoms with van der Waals surface area (Å²) in [5, 5.41) is 7.78. The second kappa shape index (κ2) is 3.44. The summed E-state index contributed by atoms with van der Waals surface area (Å²) < 4.78 is 3.42. The first-order valence-electron chi connectivity index (χ1n) is 4.98. The summed E-state index contributed by atoms with van der Waals surface area (Å²) in [5.74, 6) is 0.819. The van der Waals surface area contributed by atoms with E-state index < -0.39 is 0 Å². The summed E-state index contributed by atoms with van der Waals surface area (Å²) in [6, 6.07) is -0.0771. The van der Waals surface area contributed by atoms with Crippen LogP contribution in [0.2, 0.25) is 0 Å². The first kappa shape index (κ1) is 9.08. The Balaban J connectivity index is 1.81. The summed E-state index contributed by atoms with van der Waals surface area (Å²) in [4.78, 5) is 17.6. The van der Waals surface area contributed by atoms with Crippen molar-refractivity contribution in [2.75, 3.05) is 6.54 Å². The maximum absolute atomic E-state index is 12.0. The SMILES string of the molecule is O=C(N1CCn2cnnc2C1)n1ccnc1. The van der Waals surface area contributed by atoms with Crippen molar-refractivity contribution in [3.8, 4) is 0 Å². The quantitative estimate of drug-likeness (QED) is 0.622. The molecule has 0 bridgehead atoms. The number of nitrogens with zero attached hydrogens (tertiary/aromatic N) is 6. The van der Waals surface area contributed by atoms with E-state index >= 15 is 0 Å². The van der Waals surface area contributed by atoms with Crippen molar-refractivity contribution in [1.82, 2.24) is 29.2 Å². The molecule has 0 unspecified atom stereocenters. The Kier molecular flexibility index (Phi) is 1.95. The van der Waals surface area contributed by atoms with Crippen LogP contribution in [-0.4, -0.2) is 41.8 Å². The number of fused-ring (bicyclic) bond motifs is 1. The fourth-order valence-electron chi connectivity index (χ4n) is 1.77. The third kappa shape index (κ3) is 1.37. The first-order valence-corrected chi connectivity index (χ1v) is 4.98. The topological polar surface area (TPSA) is 68.8 Å². The number of carbonyl (C=O) groups is 1. The zero-order valence-electron chi connectivity index (χ0n) is 8.52. The number of imidazole rings is 1. The summed E-state index contributed by atoms with van der Waals surface area (Å²) in [5.41, 5.74) is 0. The second-order valence-corrected chi connectivity index (χ2v) is 3.61. The van der Waals surface area contributed by atoms with Crippen molar-refractivity contribution in [2.45, 2.75) is 13.1 Å². The Morgan fingerprint density at radius 2 is 2.25 bits per heavy atom. The smallest absolute Gasteiger partial charge is 0.315 e. The Hall–Kier alpha value is -2.18. The van der Waals surface area contributed by atoms with Gasteiger partial charge in [-0.3, -0.25) is 4.57 Å². The van der Waals surface area contributed by atoms with Crippen LogP contribution >= 0.6 is 0 Å². The molecule has 2 aromatic heterocycles. The fourth-order valence-corrected chi connectivity index (χ4v) is 1.77. The Labute approximate surface area is 91.3 Å². The number of amides is 1. The minimum atomic E-state index is -0.0771. The van der Waals surface area contributed by atoms with E-state index in [2.05, 4.69) is 15.2 Å². The molecule has 0 atom stereocenters. The van der Waals surface area contributed by atoms with Crippen molar-refractivity contribution in [3.63, 3.8) is 0 Å². The van der Waals surface area contributed by atoms with E-state index in [-0.39, 0.29) is 6.03 Å². The molecule has 1 amide bonds. The molecular weight excluding hydrogens is 208 g/mol. The molecule has 0 radical (unpaired) electrons. The lowest BCUT2D eigenvalue weighted by molar-refractivity contribution is 0.183. The van der Waals surface area contributed by atoms with Crippen LogP contribution in [0.5, 0.6) is 0 Å². The van der Waals surface area contributed by atoms with Gasteiger partial charge in [-0.15, -0.1) is 10.2 Å². The zero-order chi connectivity index (χ0) is 11.0. The van der Waals surface area contributed by atoms with Crippen LogP contribution in [0.15, 0.2) is 25.0 Å². The number of hydrogen-bond donors (Lipinski definition) is 0. The van der Waals surface area contributed by atoms with E-state index in [4.69, 9.17) is 0 Å². The van der Waals surface area contributed by atoms with Crippen molar-refractivity contribution >= 4 is 6.03 Å². The van der Waals surface area contributed by atoms with Gasteiger partial charge in [0.1, 0.15) is 12.7 Å². The highest BCUT2D eigenvalue weighted by Crippen LogP contribution is 2.10. The van der Waals surface area contributed by atoms with Crippen LogP contribution in [0.3, 0.4) is 0 Å². The molecule has 1 aliphatic heterocycles. The molecule has 0 spiro atoms. The third-order valence-corrected chi connectivity index (χ3v) is 2.63. The average molecular weight is 218 g/mol. The largest absolute Gasteiger partial charge is 0.329 e. The van der Waals surface area contributed by atoms with Crippen LogP contribution in [0, 0.1) is 0 Å². The molecule has 2 aromatic rings. The minimum absolute atomic E-state index is 0.0771. The lowest BCUT2D eigenvalue weighted by Gasteiger charge is -2.26. The summed E-state index contributed by atoms with van der Waals surface area (Å²) in [6.45, 7) is 1.90. The molecule has 3 rings (SSSR count). The highest BCUT2D eigenvalue weighted by molar-refractivity contribution is 5.76. The average Bonchev–Trinajstić information content (AvgIpc) is 2.98. The van der Waals surface area contributed by atoms with E-state index in [0.29, 0.717) is 13.1 Å². The summed E-state index contributed by atoms with van der Waals surface area (Å²) in [7, 11) is 0. The van der Waals surface area contributed by atoms with Gasteiger partial charge in [-0.1, -0.05) is 0 Å². The summed E-state index contributed by atoms with van der Waals surface area (Å²) in [6.07, 6.45) is 6.42. The van der Waals surface area contributed by atoms with Gasteiger partial charge < -0.3 is 9.47 Å². The molecule has 7 heteroatoms. The molecule has 0 aromatic carbocycles. The molecule has 0 saturated carbocycles. The molecular formula is C9H10N6O.